The topological polar surface area (TPSA) is 193 Å². The van der Waals surface area contributed by atoms with Crippen molar-refractivity contribution < 1.29 is 33.4 Å². The highest BCUT2D eigenvalue weighted by molar-refractivity contribution is 6.55. The molecule has 0 radical (unpaired) electrons. The maximum atomic E-state index is 13.7. The maximum Gasteiger partial charge on any atom is 0.407 e. The van der Waals surface area contributed by atoms with Gasteiger partial charge in [0.2, 0.25) is 11.8 Å². The Hall–Kier alpha value is -5.40. The van der Waals surface area contributed by atoms with Crippen LogP contribution in [0.5, 0.6) is 0 Å². The molecule has 0 saturated carbocycles. The molecule has 5 atom stereocenters. The summed E-state index contributed by atoms with van der Waals surface area (Å²) < 4.78 is 15.1. The number of hydrogen-bond acceptors (Lipinski definition) is 9. The summed E-state index contributed by atoms with van der Waals surface area (Å²) in [5, 5.41) is 8.65. The number of amides is 4. The van der Waals surface area contributed by atoms with Crippen LogP contribution in [0.3, 0.4) is 0 Å². The smallest absolute Gasteiger partial charge is 0.407 e. The molecule has 5 unspecified atom stereocenters. The molecular formula is C42H56N8O7Si. The first-order valence-corrected chi connectivity index (χ1v) is 23.4. The number of rotatable bonds is 12. The minimum Gasteiger partial charge on any atom is -0.453 e. The second kappa shape index (κ2) is 19.4. The van der Waals surface area contributed by atoms with Crippen LogP contribution in [-0.4, -0.2) is 104 Å². The van der Waals surface area contributed by atoms with E-state index in [9.17, 15) is 19.2 Å². The van der Waals surface area contributed by atoms with Gasteiger partial charge >= 0.3 is 12.2 Å². The SMILES string of the molecule is COC(=O)NC(C(=O)N1CCCC1c1nc2ccc(C#CC3C=CC(c4cnc(C(C[SiH](C)C)NC(=O)C(NC(=O)OC)C5CCOCC5)[nH]4)=CC3)cc2[nH]1)C(C)C. The lowest BCUT2D eigenvalue weighted by Crippen LogP contribution is -2.52. The van der Waals surface area contributed by atoms with Crippen molar-refractivity contribution >= 4 is 49.4 Å². The number of fused-ring (bicyclic) bond motifs is 1. The van der Waals surface area contributed by atoms with E-state index in [1.54, 1.807) is 11.1 Å². The number of nitrogens with zero attached hydrogens (tertiary/aromatic N) is 3. The number of likely N-dealkylation sites (tertiary alicyclic amines) is 1. The zero-order valence-corrected chi connectivity index (χ0v) is 35.4. The summed E-state index contributed by atoms with van der Waals surface area (Å²) in [6, 6.07) is 4.71. The van der Waals surface area contributed by atoms with Gasteiger partial charge in [0.25, 0.3) is 0 Å². The van der Waals surface area contributed by atoms with Crippen molar-refractivity contribution in [1.82, 2.24) is 40.8 Å². The normalized spacial score (nSPS) is 19.9. The summed E-state index contributed by atoms with van der Waals surface area (Å²) >= 11 is 0. The molecule has 5 N–H and O–H groups in total. The molecule has 4 amide bonds. The van der Waals surface area contributed by atoms with Crippen LogP contribution in [0.1, 0.15) is 80.9 Å². The van der Waals surface area contributed by atoms with Crippen LogP contribution in [0.25, 0.3) is 16.6 Å². The molecule has 2 fully saturated rings. The van der Waals surface area contributed by atoms with Crippen molar-refractivity contribution in [2.24, 2.45) is 17.8 Å². The third-order valence-electron chi connectivity index (χ3n) is 11.0. The van der Waals surface area contributed by atoms with Crippen molar-refractivity contribution in [2.75, 3.05) is 34.0 Å². The number of carbonyl (C=O) groups excluding carboxylic acids is 4. The third-order valence-corrected chi connectivity index (χ3v) is 12.4. The highest BCUT2D eigenvalue weighted by Crippen LogP contribution is 2.33. The number of ether oxygens (including phenoxy) is 3. The fraction of sp³-hybridized carbons (Fsp3) is 0.524. The Bertz CT molecular complexity index is 2070. The maximum absolute atomic E-state index is 13.7. The third kappa shape index (κ3) is 10.4. The molecule has 3 aromatic rings. The number of allylic oxidation sites excluding steroid dienone is 4. The zero-order valence-electron chi connectivity index (χ0n) is 34.2. The van der Waals surface area contributed by atoms with Crippen LogP contribution in [0.15, 0.2) is 42.6 Å². The molecule has 16 heteroatoms. The van der Waals surface area contributed by atoms with Crippen molar-refractivity contribution in [3.8, 4) is 11.8 Å². The van der Waals surface area contributed by atoms with Gasteiger partial charge in [0.05, 0.1) is 49.2 Å². The predicted octanol–water partition coefficient (Wildman–Crippen LogP) is 5.14. The van der Waals surface area contributed by atoms with E-state index < -0.39 is 33.1 Å². The van der Waals surface area contributed by atoms with E-state index in [0.717, 1.165) is 59.0 Å². The molecule has 15 nitrogen and oxygen atoms in total. The van der Waals surface area contributed by atoms with Gasteiger partial charge in [0, 0.05) is 40.0 Å². The zero-order chi connectivity index (χ0) is 41.3. The van der Waals surface area contributed by atoms with Crippen molar-refractivity contribution in [1.29, 1.82) is 0 Å². The van der Waals surface area contributed by atoms with Gasteiger partial charge in [-0.25, -0.2) is 19.6 Å². The van der Waals surface area contributed by atoms with E-state index in [4.69, 9.17) is 24.2 Å². The molecule has 2 saturated heterocycles. The molecule has 2 aliphatic heterocycles. The molecule has 3 aliphatic rings. The van der Waals surface area contributed by atoms with E-state index in [1.165, 1.54) is 14.2 Å². The lowest BCUT2D eigenvalue weighted by molar-refractivity contribution is -0.135. The van der Waals surface area contributed by atoms with E-state index in [1.807, 2.05) is 32.0 Å². The molecule has 2 aromatic heterocycles. The Kier molecular flexibility index (Phi) is 14.1. The first-order valence-electron chi connectivity index (χ1n) is 20.3. The van der Waals surface area contributed by atoms with Gasteiger partial charge in [-0.05, 0) is 73.8 Å². The lowest BCUT2D eigenvalue weighted by Gasteiger charge is -2.31. The standard InChI is InChI=1S/C42H56N8O7Si/c1-25(2)35(48-41(53)55-3)40(52)50-19-7-8-34(50)38-44-30-16-13-27(22-31(30)45-38)10-9-26-11-14-28(15-12-26)32-23-43-37(46-32)33(24-58(5)6)47-39(51)36(49-42(54)56-4)29-17-20-57-21-18-29/h11,13-16,22-23,25-26,29,33-36,58H,7-8,12,17-21,24H2,1-6H3,(H,43,46)(H,44,45)(H,47,51)(H,48,53)(H,49,54). The molecular weight excluding hydrogens is 757 g/mol. The number of H-pyrrole nitrogens is 2. The van der Waals surface area contributed by atoms with Crippen molar-refractivity contribution in [3.05, 3.63) is 65.5 Å². The molecule has 6 rings (SSSR count). The Morgan fingerprint density at radius 2 is 1.79 bits per heavy atom. The van der Waals surface area contributed by atoms with Crippen LogP contribution in [-0.2, 0) is 23.8 Å². The summed E-state index contributed by atoms with van der Waals surface area (Å²) in [7, 11) is 1.43. The molecule has 1 aromatic carbocycles. The van der Waals surface area contributed by atoms with Crippen LogP contribution in [0.4, 0.5) is 9.59 Å². The van der Waals surface area contributed by atoms with Gasteiger partial charge in [-0.3, -0.25) is 9.59 Å². The van der Waals surface area contributed by atoms with Crippen molar-refractivity contribution in [2.45, 2.75) is 89.3 Å². The lowest BCUT2D eigenvalue weighted by atomic mass is 9.91. The van der Waals surface area contributed by atoms with Crippen molar-refractivity contribution in [3.63, 3.8) is 0 Å². The second-order valence-corrected chi connectivity index (χ2v) is 19.2. The number of imidazole rings is 2. The van der Waals surface area contributed by atoms with E-state index in [0.29, 0.717) is 38.4 Å². The van der Waals surface area contributed by atoms with Gasteiger partial charge in [-0.2, -0.15) is 0 Å². The number of alkyl carbamates (subject to hydrolysis) is 2. The van der Waals surface area contributed by atoms with Crippen LogP contribution in [0.2, 0.25) is 19.1 Å². The summed E-state index contributed by atoms with van der Waals surface area (Å²) in [4.78, 5) is 69.7. The average molecular weight is 813 g/mol. The van der Waals surface area contributed by atoms with E-state index in [-0.39, 0.29) is 41.7 Å². The molecule has 4 heterocycles. The predicted molar refractivity (Wildman–Crippen MR) is 222 cm³/mol. The van der Waals surface area contributed by atoms with Gasteiger partial charge in [0.1, 0.15) is 23.7 Å². The molecule has 1 aliphatic carbocycles. The van der Waals surface area contributed by atoms with Gasteiger partial charge < -0.3 is 45.0 Å². The molecule has 0 spiro atoms. The summed E-state index contributed by atoms with van der Waals surface area (Å²) in [5.74, 6) is 7.59. The first-order chi connectivity index (χ1) is 27.9. The second-order valence-electron chi connectivity index (χ2n) is 16.0. The Balaban J connectivity index is 1.09. The summed E-state index contributed by atoms with van der Waals surface area (Å²) in [6.45, 7) is 9.94. The van der Waals surface area contributed by atoms with E-state index >= 15 is 0 Å². The monoisotopic (exact) mass is 812 g/mol. The molecule has 0 bridgehead atoms. The Labute approximate surface area is 341 Å². The highest BCUT2D eigenvalue weighted by Gasteiger charge is 2.38. The average Bonchev–Trinajstić information content (AvgIpc) is 4.01. The minimum absolute atomic E-state index is 0.0214. The molecule has 310 valence electrons. The Morgan fingerprint density at radius 1 is 1.03 bits per heavy atom. The highest BCUT2D eigenvalue weighted by atomic mass is 28.3. The number of benzene rings is 1. The fourth-order valence-corrected chi connectivity index (χ4v) is 9.11. The summed E-state index contributed by atoms with van der Waals surface area (Å²) in [6.07, 6.45) is 10.5. The quantitative estimate of drug-likeness (QED) is 0.122. The van der Waals surface area contributed by atoms with Crippen LogP contribution < -0.4 is 16.0 Å². The number of hydrogen-bond donors (Lipinski definition) is 5. The fourth-order valence-electron chi connectivity index (χ4n) is 7.83. The van der Waals surface area contributed by atoms with Gasteiger partial charge in [0.15, 0.2) is 0 Å². The Morgan fingerprint density at radius 3 is 2.48 bits per heavy atom. The number of carbonyl (C=O) groups is 4. The number of methoxy groups -OCH3 is 2. The largest absolute Gasteiger partial charge is 0.453 e. The van der Waals surface area contributed by atoms with Crippen LogP contribution >= 0.6 is 0 Å². The number of nitrogens with one attached hydrogen (secondary N) is 5. The van der Waals surface area contributed by atoms with E-state index in [2.05, 4.69) is 69.1 Å². The minimum atomic E-state index is -1.15. The number of aromatic nitrogens is 4. The first kappa shape index (κ1) is 42.2. The van der Waals surface area contributed by atoms with Crippen LogP contribution in [0, 0.1) is 29.6 Å². The summed E-state index contributed by atoms with van der Waals surface area (Å²) in [5.41, 5.74) is 4.36. The van der Waals surface area contributed by atoms with Gasteiger partial charge in [-0.15, -0.1) is 0 Å². The molecule has 58 heavy (non-hydrogen) atoms. The van der Waals surface area contributed by atoms with Gasteiger partial charge in [-0.1, -0.05) is 57.0 Å². The number of aromatic amines is 2.